The average Bonchev–Trinajstić information content (AvgIpc) is 2.78. The van der Waals surface area contributed by atoms with Crippen molar-refractivity contribution in [2.24, 2.45) is 5.92 Å². The summed E-state index contributed by atoms with van der Waals surface area (Å²) in [5.74, 6) is 1.17. The molecule has 0 saturated carbocycles. The van der Waals surface area contributed by atoms with Crippen molar-refractivity contribution >= 4 is 23.4 Å². The first-order valence-electron chi connectivity index (χ1n) is 6.52. The van der Waals surface area contributed by atoms with Crippen LogP contribution in [0.1, 0.15) is 25.3 Å². The van der Waals surface area contributed by atoms with Crippen LogP contribution in [0.3, 0.4) is 0 Å². The van der Waals surface area contributed by atoms with Crippen molar-refractivity contribution in [1.29, 1.82) is 0 Å². The van der Waals surface area contributed by atoms with Gasteiger partial charge in [-0.05, 0) is 41.9 Å². The van der Waals surface area contributed by atoms with E-state index in [9.17, 15) is 0 Å². The summed E-state index contributed by atoms with van der Waals surface area (Å²) >= 11 is 7.74. The van der Waals surface area contributed by atoms with Gasteiger partial charge in [-0.3, -0.25) is 0 Å². The highest BCUT2D eigenvalue weighted by molar-refractivity contribution is 7.99. The van der Waals surface area contributed by atoms with Crippen LogP contribution < -0.4 is 5.32 Å². The van der Waals surface area contributed by atoms with E-state index in [1.54, 1.807) is 6.92 Å². The number of aryl methyl sites for hydroxylation is 1. The lowest BCUT2D eigenvalue weighted by Crippen LogP contribution is -2.19. The molecule has 2 aromatic rings. The van der Waals surface area contributed by atoms with Crippen LogP contribution >= 0.6 is 23.4 Å². The summed E-state index contributed by atoms with van der Waals surface area (Å²) in [4.78, 5) is 1.04. The maximum Gasteiger partial charge on any atom is 0.281 e. The predicted molar refractivity (Wildman–Crippen MR) is 81.2 cm³/mol. The van der Waals surface area contributed by atoms with Crippen molar-refractivity contribution < 1.29 is 4.42 Å². The van der Waals surface area contributed by atoms with Crippen LogP contribution in [0.2, 0.25) is 5.02 Å². The van der Waals surface area contributed by atoms with Gasteiger partial charge in [0.1, 0.15) is 0 Å². The standard InChI is InChI=1S/C14H18ClN3OS/c1-9(2)7-16-8-11-12(15)5-4-6-13(11)20-14-18-17-10(3)19-14/h4-6,9,16H,7-8H2,1-3H3. The van der Waals surface area contributed by atoms with E-state index >= 15 is 0 Å². The third-order valence-electron chi connectivity index (χ3n) is 2.63. The summed E-state index contributed by atoms with van der Waals surface area (Å²) < 4.78 is 5.40. The van der Waals surface area contributed by atoms with Gasteiger partial charge in [0.15, 0.2) is 0 Å². The number of nitrogens with one attached hydrogen (secondary N) is 1. The molecule has 4 nitrogen and oxygen atoms in total. The van der Waals surface area contributed by atoms with Gasteiger partial charge in [-0.15, -0.1) is 10.2 Å². The Hall–Kier alpha value is -1.04. The van der Waals surface area contributed by atoms with Gasteiger partial charge in [0, 0.05) is 23.4 Å². The second kappa shape index (κ2) is 7.11. The van der Waals surface area contributed by atoms with Gasteiger partial charge < -0.3 is 9.73 Å². The predicted octanol–water partition coefficient (Wildman–Crippen LogP) is 3.93. The molecule has 1 N–H and O–H groups in total. The maximum atomic E-state index is 6.30. The zero-order chi connectivity index (χ0) is 14.5. The Morgan fingerprint density at radius 2 is 2.15 bits per heavy atom. The van der Waals surface area contributed by atoms with Crippen molar-refractivity contribution in [3.05, 3.63) is 34.7 Å². The van der Waals surface area contributed by atoms with Crippen LogP contribution in [0, 0.1) is 12.8 Å². The molecule has 0 aliphatic heterocycles. The lowest BCUT2D eigenvalue weighted by atomic mass is 10.2. The normalized spacial score (nSPS) is 11.2. The molecule has 1 heterocycles. The molecule has 1 aromatic heterocycles. The van der Waals surface area contributed by atoms with E-state index in [0.29, 0.717) is 17.0 Å². The third kappa shape index (κ3) is 4.23. The van der Waals surface area contributed by atoms with Crippen LogP contribution in [0.15, 0.2) is 32.7 Å². The van der Waals surface area contributed by atoms with Crippen LogP contribution in [-0.4, -0.2) is 16.7 Å². The number of benzene rings is 1. The second-order valence-electron chi connectivity index (χ2n) is 4.93. The first kappa shape index (κ1) is 15.4. The number of halogens is 1. The molecule has 0 radical (unpaired) electrons. The van der Waals surface area contributed by atoms with Crippen molar-refractivity contribution in [1.82, 2.24) is 15.5 Å². The lowest BCUT2D eigenvalue weighted by molar-refractivity contribution is 0.429. The molecule has 2 rings (SSSR count). The molecule has 1 aromatic carbocycles. The Morgan fingerprint density at radius 1 is 1.35 bits per heavy atom. The van der Waals surface area contributed by atoms with Gasteiger partial charge in [-0.2, -0.15) is 0 Å². The largest absolute Gasteiger partial charge is 0.416 e. The number of aromatic nitrogens is 2. The van der Waals surface area contributed by atoms with E-state index in [4.69, 9.17) is 16.0 Å². The molecule has 108 valence electrons. The van der Waals surface area contributed by atoms with E-state index in [2.05, 4.69) is 29.4 Å². The van der Waals surface area contributed by atoms with Crippen LogP contribution in [0.4, 0.5) is 0 Å². The summed E-state index contributed by atoms with van der Waals surface area (Å²) in [6.45, 7) is 7.81. The van der Waals surface area contributed by atoms with Gasteiger partial charge in [-0.1, -0.05) is 31.5 Å². The Bertz CT molecular complexity index is 571. The molecule has 0 atom stereocenters. The highest BCUT2D eigenvalue weighted by Crippen LogP contribution is 2.33. The molecule has 0 saturated heterocycles. The zero-order valence-electron chi connectivity index (χ0n) is 11.8. The minimum atomic E-state index is 0.537. The quantitative estimate of drug-likeness (QED) is 0.876. The molecular formula is C14H18ClN3OS. The minimum absolute atomic E-state index is 0.537. The summed E-state index contributed by atoms with van der Waals surface area (Å²) in [5.41, 5.74) is 1.07. The van der Waals surface area contributed by atoms with Crippen molar-refractivity contribution in [3.63, 3.8) is 0 Å². The Morgan fingerprint density at radius 3 is 2.80 bits per heavy atom. The van der Waals surface area contributed by atoms with Gasteiger partial charge in [0.2, 0.25) is 5.89 Å². The van der Waals surface area contributed by atoms with Gasteiger partial charge >= 0.3 is 0 Å². The molecular weight excluding hydrogens is 294 g/mol. The SMILES string of the molecule is Cc1nnc(Sc2cccc(Cl)c2CNCC(C)C)o1. The molecule has 0 unspecified atom stereocenters. The second-order valence-corrected chi connectivity index (χ2v) is 6.33. The van der Waals surface area contributed by atoms with Gasteiger partial charge in [0.25, 0.3) is 5.22 Å². The number of hydrogen-bond acceptors (Lipinski definition) is 5. The van der Waals surface area contributed by atoms with E-state index in [1.807, 2.05) is 18.2 Å². The van der Waals surface area contributed by atoms with E-state index in [0.717, 1.165) is 28.6 Å². The maximum absolute atomic E-state index is 6.30. The fraction of sp³-hybridized carbons (Fsp3) is 0.429. The van der Waals surface area contributed by atoms with E-state index in [1.165, 1.54) is 11.8 Å². The fourth-order valence-electron chi connectivity index (χ4n) is 1.71. The number of hydrogen-bond donors (Lipinski definition) is 1. The molecule has 0 bridgehead atoms. The fourth-order valence-corrected chi connectivity index (χ4v) is 2.89. The van der Waals surface area contributed by atoms with Gasteiger partial charge in [-0.25, -0.2) is 0 Å². The molecule has 0 spiro atoms. The molecule has 6 heteroatoms. The van der Waals surface area contributed by atoms with Crippen LogP contribution in [0.25, 0.3) is 0 Å². The van der Waals surface area contributed by atoms with Crippen LogP contribution in [-0.2, 0) is 6.54 Å². The average molecular weight is 312 g/mol. The minimum Gasteiger partial charge on any atom is -0.416 e. The van der Waals surface area contributed by atoms with Crippen LogP contribution in [0.5, 0.6) is 0 Å². The van der Waals surface area contributed by atoms with Crippen molar-refractivity contribution in [2.45, 2.75) is 37.4 Å². The van der Waals surface area contributed by atoms with Gasteiger partial charge in [0.05, 0.1) is 0 Å². The topological polar surface area (TPSA) is 51.0 Å². The number of nitrogens with zero attached hydrogens (tertiary/aromatic N) is 2. The van der Waals surface area contributed by atoms with E-state index < -0.39 is 0 Å². The zero-order valence-corrected chi connectivity index (χ0v) is 13.4. The summed E-state index contributed by atoms with van der Waals surface area (Å²) in [5, 5.41) is 12.5. The third-order valence-corrected chi connectivity index (χ3v) is 3.93. The molecule has 0 aliphatic carbocycles. The molecule has 0 amide bonds. The highest BCUT2D eigenvalue weighted by atomic mass is 35.5. The first-order valence-corrected chi connectivity index (χ1v) is 7.71. The number of rotatable bonds is 6. The Labute approximate surface area is 128 Å². The van der Waals surface area contributed by atoms with Crippen molar-refractivity contribution in [2.75, 3.05) is 6.54 Å². The Kier molecular flexibility index (Phi) is 5.46. The summed E-state index contributed by atoms with van der Waals surface area (Å²) in [6, 6.07) is 5.85. The summed E-state index contributed by atoms with van der Waals surface area (Å²) in [7, 11) is 0. The lowest BCUT2D eigenvalue weighted by Gasteiger charge is -2.12. The monoisotopic (exact) mass is 311 g/mol. The molecule has 0 aliphatic rings. The van der Waals surface area contributed by atoms with Crippen molar-refractivity contribution in [3.8, 4) is 0 Å². The molecule has 20 heavy (non-hydrogen) atoms. The smallest absolute Gasteiger partial charge is 0.281 e. The summed E-state index contributed by atoms with van der Waals surface area (Å²) in [6.07, 6.45) is 0. The molecule has 0 fully saturated rings. The van der Waals surface area contributed by atoms with E-state index in [-0.39, 0.29) is 0 Å². The Balaban J connectivity index is 2.13. The highest BCUT2D eigenvalue weighted by Gasteiger charge is 2.12. The first-order chi connectivity index (χ1) is 9.56.